The third kappa shape index (κ3) is 3.05. The van der Waals surface area contributed by atoms with Crippen LogP contribution in [0.15, 0.2) is 36.9 Å². The second-order valence-corrected chi connectivity index (χ2v) is 5.54. The van der Waals surface area contributed by atoms with Gasteiger partial charge in [-0.05, 0) is 37.6 Å². The van der Waals surface area contributed by atoms with Gasteiger partial charge in [0.1, 0.15) is 11.9 Å². The number of rotatable bonds is 4. The smallest absolute Gasteiger partial charge is 0.158 e. The molecule has 2 aromatic rings. The molecule has 6 nitrogen and oxygen atoms in total. The van der Waals surface area contributed by atoms with Gasteiger partial charge in [-0.25, -0.2) is 9.97 Å². The van der Waals surface area contributed by atoms with E-state index >= 15 is 0 Å². The summed E-state index contributed by atoms with van der Waals surface area (Å²) in [5, 5.41) is 12.1. The number of nitrogens with one attached hydrogen (secondary N) is 1. The lowest BCUT2D eigenvalue weighted by molar-refractivity contribution is 0.281. The molecule has 2 aromatic heterocycles. The highest BCUT2D eigenvalue weighted by atomic mass is 15.2. The van der Waals surface area contributed by atoms with Crippen molar-refractivity contribution in [2.45, 2.75) is 12.5 Å². The number of pyridine rings is 1. The van der Waals surface area contributed by atoms with E-state index < -0.39 is 0 Å². The number of aromatic nitrogens is 3. The van der Waals surface area contributed by atoms with Crippen molar-refractivity contribution < 1.29 is 0 Å². The molecule has 0 spiro atoms. The molecule has 1 aliphatic heterocycles. The maximum atomic E-state index is 8.74. The lowest BCUT2D eigenvalue weighted by Crippen LogP contribution is -2.25. The molecule has 22 heavy (non-hydrogen) atoms. The first-order valence-electron chi connectivity index (χ1n) is 7.34. The zero-order valence-electron chi connectivity index (χ0n) is 12.5. The zero-order valence-corrected chi connectivity index (χ0v) is 12.5. The van der Waals surface area contributed by atoms with Gasteiger partial charge in [-0.15, -0.1) is 0 Å². The highest BCUT2D eigenvalue weighted by molar-refractivity contribution is 5.33. The van der Waals surface area contributed by atoms with Gasteiger partial charge in [0.05, 0.1) is 12.4 Å². The number of anilines is 1. The molecule has 1 fully saturated rings. The van der Waals surface area contributed by atoms with Gasteiger partial charge < -0.3 is 5.32 Å². The van der Waals surface area contributed by atoms with Gasteiger partial charge in [0, 0.05) is 25.0 Å². The molecule has 3 rings (SSSR count). The Bertz CT molecular complexity index is 649. The SMILES string of the molecule is CN1CC[C@@H](CNc2cnc(C#N)cn2)[C@@H]1c1cccnc1. The van der Waals surface area contributed by atoms with Crippen molar-refractivity contribution in [2.75, 3.05) is 25.5 Å². The van der Waals surface area contributed by atoms with Crippen LogP contribution in [0.2, 0.25) is 0 Å². The van der Waals surface area contributed by atoms with Crippen molar-refractivity contribution in [3.63, 3.8) is 0 Å². The highest BCUT2D eigenvalue weighted by Crippen LogP contribution is 2.35. The molecule has 3 heterocycles. The van der Waals surface area contributed by atoms with Crippen LogP contribution in [-0.2, 0) is 0 Å². The molecule has 2 atom stereocenters. The third-order valence-corrected chi connectivity index (χ3v) is 4.11. The van der Waals surface area contributed by atoms with Gasteiger partial charge >= 0.3 is 0 Å². The Labute approximate surface area is 129 Å². The summed E-state index contributed by atoms with van der Waals surface area (Å²) < 4.78 is 0. The van der Waals surface area contributed by atoms with Crippen LogP contribution in [0.3, 0.4) is 0 Å². The average molecular weight is 294 g/mol. The molecule has 112 valence electrons. The predicted molar refractivity (Wildman–Crippen MR) is 83.0 cm³/mol. The Morgan fingerprint density at radius 3 is 2.95 bits per heavy atom. The van der Waals surface area contributed by atoms with Gasteiger partial charge in [-0.2, -0.15) is 5.26 Å². The quantitative estimate of drug-likeness (QED) is 0.927. The minimum Gasteiger partial charge on any atom is -0.368 e. The van der Waals surface area contributed by atoms with E-state index in [0.717, 1.165) is 19.5 Å². The van der Waals surface area contributed by atoms with E-state index in [9.17, 15) is 0 Å². The summed E-state index contributed by atoms with van der Waals surface area (Å²) in [7, 11) is 2.15. The molecule has 0 aromatic carbocycles. The van der Waals surface area contributed by atoms with Gasteiger partial charge in [0.2, 0.25) is 0 Å². The third-order valence-electron chi connectivity index (χ3n) is 4.11. The molecule has 1 saturated heterocycles. The van der Waals surface area contributed by atoms with Crippen molar-refractivity contribution in [3.05, 3.63) is 48.2 Å². The van der Waals surface area contributed by atoms with Gasteiger partial charge in [0.25, 0.3) is 0 Å². The first-order valence-corrected chi connectivity index (χ1v) is 7.34. The fourth-order valence-electron chi connectivity index (χ4n) is 3.03. The minimum absolute atomic E-state index is 0.333. The summed E-state index contributed by atoms with van der Waals surface area (Å²) in [4.78, 5) is 14.8. The molecule has 0 unspecified atom stereocenters. The Morgan fingerprint density at radius 1 is 1.36 bits per heavy atom. The van der Waals surface area contributed by atoms with Crippen molar-refractivity contribution >= 4 is 5.82 Å². The second-order valence-electron chi connectivity index (χ2n) is 5.54. The second kappa shape index (κ2) is 6.50. The maximum Gasteiger partial charge on any atom is 0.158 e. The number of nitrogens with zero attached hydrogens (tertiary/aromatic N) is 5. The lowest BCUT2D eigenvalue weighted by Gasteiger charge is -2.25. The summed E-state index contributed by atoms with van der Waals surface area (Å²) in [6.45, 7) is 1.90. The van der Waals surface area contributed by atoms with E-state index in [1.54, 1.807) is 12.4 Å². The normalized spacial score (nSPS) is 21.5. The van der Waals surface area contributed by atoms with Crippen LogP contribution >= 0.6 is 0 Å². The maximum absolute atomic E-state index is 8.74. The molecular weight excluding hydrogens is 276 g/mol. The summed E-state index contributed by atoms with van der Waals surface area (Å²) in [6.07, 6.45) is 7.98. The molecule has 0 saturated carbocycles. The Hall–Kier alpha value is -2.52. The fourth-order valence-corrected chi connectivity index (χ4v) is 3.03. The van der Waals surface area contributed by atoms with E-state index in [1.807, 2.05) is 18.3 Å². The van der Waals surface area contributed by atoms with Crippen molar-refractivity contribution in [3.8, 4) is 6.07 Å². The molecule has 1 N–H and O–H groups in total. The zero-order chi connectivity index (χ0) is 15.4. The largest absolute Gasteiger partial charge is 0.368 e. The van der Waals surface area contributed by atoms with Crippen LogP contribution in [0, 0.1) is 17.2 Å². The van der Waals surface area contributed by atoms with Gasteiger partial charge in [-0.1, -0.05) is 6.07 Å². The van der Waals surface area contributed by atoms with Crippen LogP contribution in [-0.4, -0.2) is 40.0 Å². The predicted octanol–water partition coefficient (Wildman–Crippen LogP) is 1.85. The molecule has 0 amide bonds. The van der Waals surface area contributed by atoms with Crippen LogP contribution in [0.25, 0.3) is 0 Å². The summed E-state index contributed by atoms with van der Waals surface area (Å²) in [5.41, 5.74) is 1.58. The van der Waals surface area contributed by atoms with E-state index in [0.29, 0.717) is 23.5 Å². The number of likely N-dealkylation sites (tertiary alicyclic amines) is 1. The Kier molecular flexibility index (Phi) is 4.26. The monoisotopic (exact) mass is 294 g/mol. The van der Waals surface area contributed by atoms with E-state index in [2.05, 4.69) is 38.3 Å². The summed E-state index contributed by atoms with van der Waals surface area (Å²) in [6, 6.07) is 6.46. The standard InChI is InChI=1S/C16H18N6/c1-22-6-4-13(16(22)12-3-2-5-18-8-12)9-20-15-11-19-14(7-17)10-21-15/h2-3,5,8,10-11,13,16H,4,6,9H2,1H3,(H,20,21)/t13-,16-/m0/s1. The number of hydrogen-bond donors (Lipinski definition) is 1. The van der Waals surface area contributed by atoms with E-state index in [-0.39, 0.29) is 0 Å². The number of nitriles is 1. The van der Waals surface area contributed by atoms with Crippen LogP contribution in [0.1, 0.15) is 23.7 Å². The highest BCUT2D eigenvalue weighted by Gasteiger charge is 2.32. The van der Waals surface area contributed by atoms with Crippen LogP contribution in [0.4, 0.5) is 5.82 Å². The number of hydrogen-bond acceptors (Lipinski definition) is 6. The Morgan fingerprint density at radius 2 is 2.27 bits per heavy atom. The molecule has 0 aliphatic carbocycles. The van der Waals surface area contributed by atoms with Gasteiger partial charge in [-0.3, -0.25) is 9.88 Å². The van der Waals surface area contributed by atoms with Crippen molar-refractivity contribution in [2.24, 2.45) is 5.92 Å². The Balaban J connectivity index is 1.67. The van der Waals surface area contributed by atoms with E-state index in [1.165, 1.54) is 11.8 Å². The van der Waals surface area contributed by atoms with Crippen LogP contribution in [0.5, 0.6) is 0 Å². The topological polar surface area (TPSA) is 77.7 Å². The molecule has 6 heteroatoms. The van der Waals surface area contributed by atoms with Gasteiger partial charge in [0.15, 0.2) is 5.69 Å². The summed E-state index contributed by atoms with van der Waals surface area (Å²) >= 11 is 0. The lowest BCUT2D eigenvalue weighted by atomic mass is 9.95. The van der Waals surface area contributed by atoms with Crippen LogP contribution < -0.4 is 5.32 Å². The molecular formula is C16H18N6. The molecule has 1 aliphatic rings. The van der Waals surface area contributed by atoms with Crippen molar-refractivity contribution in [1.29, 1.82) is 5.26 Å². The first-order chi connectivity index (χ1) is 10.8. The molecule has 0 radical (unpaired) electrons. The minimum atomic E-state index is 0.333. The average Bonchev–Trinajstić information content (AvgIpc) is 2.95. The van der Waals surface area contributed by atoms with Crippen molar-refractivity contribution in [1.82, 2.24) is 19.9 Å². The fraction of sp³-hybridized carbons (Fsp3) is 0.375. The van der Waals surface area contributed by atoms with E-state index in [4.69, 9.17) is 5.26 Å². The first kappa shape index (κ1) is 14.4. The molecule has 0 bridgehead atoms. The summed E-state index contributed by atoms with van der Waals surface area (Å²) in [5.74, 6) is 1.20.